The first-order valence-corrected chi connectivity index (χ1v) is 7.11. The molecule has 2 rings (SSSR count). The molecule has 1 N–H and O–H groups in total. The fourth-order valence-electron chi connectivity index (χ4n) is 3.23. The molecule has 0 amide bonds. The molecule has 0 aromatic carbocycles. The van der Waals surface area contributed by atoms with Crippen LogP contribution in [0.3, 0.4) is 0 Å². The van der Waals surface area contributed by atoms with E-state index in [1.165, 1.54) is 38.9 Å². The van der Waals surface area contributed by atoms with E-state index in [4.69, 9.17) is 0 Å². The van der Waals surface area contributed by atoms with Crippen LogP contribution in [0.25, 0.3) is 0 Å². The Balaban J connectivity index is 1.76. The Bertz CT molecular complexity index is 255. The van der Waals surface area contributed by atoms with Crippen molar-refractivity contribution in [3.05, 3.63) is 0 Å². The second kappa shape index (κ2) is 5.25. The molecule has 1 heterocycles. The largest absolute Gasteiger partial charge is 0.393 e. The minimum Gasteiger partial charge on any atom is -0.393 e. The standard InChI is InChI=1S/C14H28N2O/c1-14(2)11-16(10-9-15(14)3)8-7-12-5-4-6-13(12)17/h12-13,17H,4-11H2,1-3H3. The topological polar surface area (TPSA) is 26.7 Å². The highest BCUT2D eigenvalue weighted by Crippen LogP contribution is 2.29. The van der Waals surface area contributed by atoms with Crippen molar-refractivity contribution in [2.45, 2.75) is 51.2 Å². The lowest BCUT2D eigenvalue weighted by atomic mass is 9.97. The van der Waals surface area contributed by atoms with E-state index in [0.29, 0.717) is 11.5 Å². The van der Waals surface area contributed by atoms with E-state index in [-0.39, 0.29) is 6.10 Å². The summed E-state index contributed by atoms with van der Waals surface area (Å²) in [6.07, 6.45) is 4.65. The molecule has 17 heavy (non-hydrogen) atoms. The predicted molar refractivity (Wildman–Crippen MR) is 71.1 cm³/mol. The Labute approximate surface area is 106 Å². The molecule has 2 atom stereocenters. The zero-order valence-electron chi connectivity index (χ0n) is 11.7. The van der Waals surface area contributed by atoms with Gasteiger partial charge in [0.1, 0.15) is 0 Å². The van der Waals surface area contributed by atoms with Crippen molar-refractivity contribution in [2.24, 2.45) is 5.92 Å². The monoisotopic (exact) mass is 240 g/mol. The summed E-state index contributed by atoms with van der Waals surface area (Å²) < 4.78 is 0. The third-order valence-electron chi connectivity index (χ3n) is 4.83. The normalized spacial score (nSPS) is 35.3. The molecule has 0 aromatic rings. The SMILES string of the molecule is CN1CCN(CCC2CCCC2O)CC1(C)C. The third-order valence-corrected chi connectivity index (χ3v) is 4.83. The fraction of sp³-hybridized carbons (Fsp3) is 1.00. The quantitative estimate of drug-likeness (QED) is 0.811. The Hall–Kier alpha value is -0.120. The first kappa shape index (κ1) is 13.3. The van der Waals surface area contributed by atoms with Gasteiger partial charge in [0.15, 0.2) is 0 Å². The molecule has 3 nitrogen and oxygen atoms in total. The molecule has 2 aliphatic rings. The van der Waals surface area contributed by atoms with Crippen LogP contribution >= 0.6 is 0 Å². The Morgan fingerprint density at radius 1 is 1.24 bits per heavy atom. The Morgan fingerprint density at radius 3 is 2.59 bits per heavy atom. The molecule has 0 spiro atoms. The Kier molecular flexibility index (Phi) is 4.11. The number of hydrogen-bond donors (Lipinski definition) is 1. The molecular formula is C14H28N2O. The van der Waals surface area contributed by atoms with Crippen molar-refractivity contribution in [3.8, 4) is 0 Å². The molecule has 0 aromatic heterocycles. The van der Waals surface area contributed by atoms with Gasteiger partial charge in [-0.05, 0) is 52.6 Å². The molecule has 0 radical (unpaired) electrons. The maximum absolute atomic E-state index is 9.84. The van der Waals surface area contributed by atoms with Gasteiger partial charge in [-0.3, -0.25) is 4.90 Å². The molecular weight excluding hydrogens is 212 g/mol. The number of aliphatic hydroxyl groups is 1. The third kappa shape index (κ3) is 3.21. The molecule has 100 valence electrons. The summed E-state index contributed by atoms with van der Waals surface area (Å²) >= 11 is 0. The fourth-order valence-corrected chi connectivity index (χ4v) is 3.23. The van der Waals surface area contributed by atoms with Crippen molar-refractivity contribution in [1.82, 2.24) is 9.80 Å². The molecule has 1 aliphatic carbocycles. The number of hydrogen-bond acceptors (Lipinski definition) is 3. The van der Waals surface area contributed by atoms with E-state index in [1.807, 2.05) is 0 Å². The van der Waals surface area contributed by atoms with Gasteiger partial charge >= 0.3 is 0 Å². The van der Waals surface area contributed by atoms with Crippen molar-refractivity contribution in [3.63, 3.8) is 0 Å². The van der Waals surface area contributed by atoms with Crippen LogP contribution in [0.2, 0.25) is 0 Å². The summed E-state index contributed by atoms with van der Waals surface area (Å²) in [4.78, 5) is 5.03. The van der Waals surface area contributed by atoms with Crippen molar-refractivity contribution in [2.75, 3.05) is 33.2 Å². The highest BCUT2D eigenvalue weighted by Gasteiger charge is 2.32. The van der Waals surface area contributed by atoms with Crippen LogP contribution < -0.4 is 0 Å². The van der Waals surface area contributed by atoms with Gasteiger partial charge in [-0.15, -0.1) is 0 Å². The van der Waals surface area contributed by atoms with E-state index in [0.717, 1.165) is 13.0 Å². The van der Waals surface area contributed by atoms with E-state index in [2.05, 4.69) is 30.7 Å². The van der Waals surface area contributed by atoms with Gasteiger partial charge < -0.3 is 10.0 Å². The molecule has 0 bridgehead atoms. The van der Waals surface area contributed by atoms with Crippen LogP contribution in [-0.2, 0) is 0 Å². The molecule has 2 unspecified atom stereocenters. The summed E-state index contributed by atoms with van der Waals surface area (Å²) in [5, 5.41) is 9.84. The van der Waals surface area contributed by atoms with Crippen LogP contribution in [0.1, 0.15) is 39.5 Å². The molecule has 2 fully saturated rings. The maximum atomic E-state index is 9.84. The highest BCUT2D eigenvalue weighted by molar-refractivity contribution is 4.88. The van der Waals surface area contributed by atoms with Crippen molar-refractivity contribution in [1.29, 1.82) is 0 Å². The summed E-state index contributed by atoms with van der Waals surface area (Å²) in [7, 11) is 2.22. The van der Waals surface area contributed by atoms with Gasteiger partial charge in [0.2, 0.25) is 0 Å². The second-order valence-electron chi connectivity index (χ2n) is 6.56. The first-order chi connectivity index (χ1) is 7.99. The van der Waals surface area contributed by atoms with Crippen molar-refractivity contribution >= 4 is 0 Å². The lowest BCUT2D eigenvalue weighted by Gasteiger charge is -2.45. The number of aliphatic hydroxyl groups excluding tert-OH is 1. The number of likely N-dealkylation sites (N-methyl/N-ethyl adjacent to an activating group) is 1. The molecule has 3 heteroatoms. The minimum absolute atomic E-state index is 0.0181. The maximum Gasteiger partial charge on any atom is 0.0568 e. The average molecular weight is 240 g/mol. The van der Waals surface area contributed by atoms with Gasteiger partial charge in [-0.2, -0.15) is 0 Å². The zero-order chi connectivity index (χ0) is 12.5. The van der Waals surface area contributed by atoms with Crippen LogP contribution in [0, 0.1) is 5.92 Å². The van der Waals surface area contributed by atoms with Gasteiger partial charge in [0.25, 0.3) is 0 Å². The summed E-state index contributed by atoms with van der Waals surface area (Å²) in [6, 6.07) is 0. The number of nitrogens with zero attached hydrogens (tertiary/aromatic N) is 2. The number of rotatable bonds is 3. The summed E-state index contributed by atoms with van der Waals surface area (Å²) in [6.45, 7) is 9.32. The predicted octanol–water partition coefficient (Wildman–Crippen LogP) is 1.56. The number of piperazine rings is 1. The second-order valence-corrected chi connectivity index (χ2v) is 6.56. The average Bonchev–Trinajstić information content (AvgIpc) is 2.66. The Morgan fingerprint density at radius 2 is 2.00 bits per heavy atom. The summed E-state index contributed by atoms with van der Waals surface area (Å²) in [5.41, 5.74) is 0.298. The van der Waals surface area contributed by atoms with Crippen LogP contribution in [-0.4, -0.2) is 59.8 Å². The van der Waals surface area contributed by atoms with Gasteiger partial charge in [-0.1, -0.05) is 6.42 Å². The van der Waals surface area contributed by atoms with E-state index >= 15 is 0 Å². The van der Waals surface area contributed by atoms with Gasteiger partial charge in [0, 0.05) is 25.2 Å². The van der Waals surface area contributed by atoms with Gasteiger partial charge in [0.05, 0.1) is 6.10 Å². The highest BCUT2D eigenvalue weighted by atomic mass is 16.3. The minimum atomic E-state index is -0.0181. The smallest absolute Gasteiger partial charge is 0.0568 e. The van der Waals surface area contributed by atoms with Crippen molar-refractivity contribution < 1.29 is 5.11 Å². The van der Waals surface area contributed by atoms with Crippen LogP contribution in [0.4, 0.5) is 0 Å². The lowest BCUT2D eigenvalue weighted by Crippen LogP contribution is -2.57. The van der Waals surface area contributed by atoms with Gasteiger partial charge in [-0.25, -0.2) is 0 Å². The first-order valence-electron chi connectivity index (χ1n) is 7.11. The molecule has 1 aliphatic heterocycles. The lowest BCUT2D eigenvalue weighted by molar-refractivity contribution is 0.0328. The van der Waals surface area contributed by atoms with E-state index in [1.54, 1.807) is 0 Å². The molecule has 1 saturated carbocycles. The molecule has 1 saturated heterocycles. The van der Waals surface area contributed by atoms with Crippen LogP contribution in [0.15, 0.2) is 0 Å². The summed E-state index contributed by atoms with van der Waals surface area (Å²) in [5.74, 6) is 0.567. The van der Waals surface area contributed by atoms with E-state index < -0.39 is 0 Å². The zero-order valence-corrected chi connectivity index (χ0v) is 11.7. The van der Waals surface area contributed by atoms with Crippen LogP contribution in [0.5, 0.6) is 0 Å². The van der Waals surface area contributed by atoms with E-state index in [9.17, 15) is 5.11 Å².